The molecule has 1 saturated heterocycles. The minimum absolute atomic E-state index is 0.0654. The molecule has 1 fully saturated rings. The van der Waals surface area contributed by atoms with E-state index >= 15 is 0 Å². The minimum atomic E-state index is -0.0654. The highest BCUT2D eigenvalue weighted by Gasteiger charge is 2.21. The number of carbonyl (C=O) groups excluding carboxylic acids is 2. The molecule has 0 saturated carbocycles. The number of thiophene rings is 1. The number of piperazine rings is 1. The van der Waals surface area contributed by atoms with Crippen molar-refractivity contribution < 1.29 is 14.3 Å². The van der Waals surface area contributed by atoms with Crippen molar-refractivity contribution in [2.45, 2.75) is 12.8 Å². The van der Waals surface area contributed by atoms with Crippen LogP contribution < -0.4 is 15.0 Å². The molecule has 27 heavy (non-hydrogen) atoms. The molecule has 1 aliphatic rings. The van der Waals surface area contributed by atoms with Crippen LogP contribution in [0.3, 0.4) is 0 Å². The molecule has 2 heterocycles. The molecule has 1 aliphatic heterocycles. The van der Waals surface area contributed by atoms with Crippen LogP contribution in [-0.2, 0) is 4.79 Å². The Morgan fingerprint density at radius 2 is 1.96 bits per heavy atom. The quantitative estimate of drug-likeness (QED) is 0.742. The number of carbonyl (C=O) groups is 2. The van der Waals surface area contributed by atoms with E-state index in [9.17, 15) is 9.59 Å². The van der Waals surface area contributed by atoms with Crippen LogP contribution in [0.15, 0.2) is 41.8 Å². The summed E-state index contributed by atoms with van der Waals surface area (Å²) in [6.07, 6.45) is 1.12. The first-order valence-corrected chi connectivity index (χ1v) is 10.0. The lowest BCUT2D eigenvalue weighted by Gasteiger charge is -2.36. The van der Waals surface area contributed by atoms with Crippen molar-refractivity contribution in [2.75, 3.05) is 44.7 Å². The predicted octanol–water partition coefficient (Wildman–Crippen LogP) is 2.62. The molecule has 7 heteroatoms. The van der Waals surface area contributed by atoms with Gasteiger partial charge >= 0.3 is 0 Å². The molecule has 0 atom stereocenters. The van der Waals surface area contributed by atoms with E-state index in [0.29, 0.717) is 24.3 Å². The molecule has 1 N–H and O–H groups in total. The first-order valence-electron chi connectivity index (χ1n) is 9.16. The summed E-state index contributed by atoms with van der Waals surface area (Å²) in [5, 5.41) is 4.74. The Morgan fingerprint density at radius 3 is 2.67 bits per heavy atom. The zero-order valence-electron chi connectivity index (χ0n) is 15.5. The van der Waals surface area contributed by atoms with Crippen LogP contribution in [0.2, 0.25) is 0 Å². The summed E-state index contributed by atoms with van der Waals surface area (Å²) in [7, 11) is 1.67. The Morgan fingerprint density at radius 1 is 1.15 bits per heavy atom. The molecule has 0 radical (unpaired) electrons. The smallest absolute Gasteiger partial charge is 0.261 e. The molecule has 0 aliphatic carbocycles. The lowest BCUT2D eigenvalue weighted by Crippen LogP contribution is -2.48. The van der Waals surface area contributed by atoms with E-state index in [1.54, 1.807) is 13.2 Å². The first kappa shape index (κ1) is 19.2. The number of nitrogens with one attached hydrogen (secondary N) is 1. The molecule has 1 aromatic heterocycles. The highest BCUT2D eigenvalue weighted by molar-refractivity contribution is 7.12. The van der Waals surface area contributed by atoms with Gasteiger partial charge in [-0.3, -0.25) is 9.59 Å². The second-order valence-corrected chi connectivity index (χ2v) is 7.35. The molecular formula is C20H25N3O3S. The van der Waals surface area contributed by atoms with Crippen LogP contribution in [0.4, 0.5) is 5.69 Å². The van der Waals surface area contributed by atoms with Crippen LogP contribution >= 0.6 is 11.3 Å². The number of ether oxygens (including phenoxy) is 1. The summed E-state index contributed by atoms with van der Waals surface area (Å²) in [4.78, 5) is 29.1. The third-order valence-electron chi connectivity index (χ3n) is 4.65. The number of nitrogens with zero attached hydrogens (tertiary/aromatic N) is 2. The summed E-state index contributed by atoms with van der Waals surface area (Å²) in [5.74, 6) is 0.936. The number of amides is 2. The maximum Gasteiger partial charge on any atom is 0.261 e. The fourth-order valence-corrected chi connectivity index (χ4v) is 3.76. The molecule has 0 unspecified atom stereocenters. The van der Waals surface area contributed by atoms with Crippen LogP contribution in [-0.4, -0.2) is 56.5 Å². The van der Waals surface area contributed by atoms with Crippen LogP contribution in [0.1, 0.15) is 22.5 Å². The lowest BCUT2D eigenvalue weighted by atomic mass is 10.2. The van der Waals surface area contributed by atoms with Gasteiger partial charge in [0.15, 0.2) is 0 Å². The fraction of sp³-hybridized carbons (Fsp3) is 0.400. The number of anilines is 1. The van der Waals surface area contributed by atoms with Crippen molar-refractivity contribution in [3.05, 3.63) is 46.7 Å². The average molecular weight is 388 g/mol. The van der Waals surface area contributed by atoms with Crippen LogP contribution in [0.5, 0.6) is 5.75 Å². The summed E-state index contributed by atoms with van der Waals surface area (Å²) >= 11 is 1.42. The summed E-state index contributed by atoms with van der Waals surface area (Å²) in [5.41, 5.74) is 1.12. The minimum Gasteiger partial charge on any atom is -0.497 e. The lowest BCUT2D eigenvalue weighted by molar-refractivity contribution is -0.131. The Bertz CT molecular complexity index is 756. The summed E-state index contributed by atoms with van der Waals surface area (Å²) in [6, 6.07) is 11.7. The third-order valence-corrected chi connectivity index (χ3v) is 5.52. The van der Waals surface area contributed by atoms with E-state index in [-0.39, 0.29) is 11.8 Å². The fourth-order valence-electron chi connectivity index (χ4n) is 3.12. The molecule has 144 valence electrons. The molecule has 0 spiro atoms. The molecular weight excluding hydrogens is 362 g/mol. The molecule has 3 rings (SSSR count). The SMILES string of the molecule is COc1cccc(N2CCN(C(=O)CCCNC(=O)c3cccs3)CC2)c1. The summed E-state index contributed by atoms with van der Waals surface area (Å²) < 4.78 is 5.28. The molecule has 1 aromatic carbocycles. The molecule has 0 bridgehead atoms. The van der Waals surface area contributed by atoms with Gasteiger partial charge in [-0.05, 0) is 30.0 Å². The zero-order valence-corrected chi connectivity index (χ0v) is 16.3. The van der Waals surface area contributed by atoms with E-state index in [1.165, 1.54) is 11.3 Å². The van der Waals surface area contributed by atoms with Gasteiger partial charge in [0.25, 0.3) is 5.91 Å². The normalized spacial score (nSPS) is 14.1. The van der Waals surface area contributed by atoms with Crippen LogP contribution in [0, 0.1) is 0 Å². The number of hydrogen-bond donors (Lipinski definition) is 1. The zero-order chi connectivity index (χ0) is 19.1. The highest BCUT2D eigenvalue weighted by atomic mass is 32.1. The Hall–Kier alpha value is -2.54. The maximum atomic E-state index is 12.4. The van der Waals surface area contributed by atoms with Crippen molar-refractivity contribution in [2.24, 2.45) is 0 Å². The van der Waals surface area contributed by atoms with E-state index in [0.717, 1.165) is 37.6 Å². The van der Waals surface area contributed by atoms with Gasteiger partial charge in [0, 0.05) is 50.9 Å². The number of rotatable bonds is 7. The van der Waals surface area contributed by atoms with Gasteiger partial charge in [-0.2, -0.15) is 0 Å². The van der Waals surface area contributed by atoms with Crippen molar-refractivity contribution >= 4 is 28.8 Å². The molecule has 2 amide bonds. The molecule has 6 nitrogen and oxygen atoms in total. The third kappa shape index (κ3) is 5.23. The number of methoxy groups -OCH3 is 1. The van der Waals surface area contributed by atoms with Crippen molar-refractivity contribution in [1.29, 1.82) is 0 Å². The highest BCUT2D eigenvalue weighted by Crippen LogP contribution is 2.22. The molecule has 2 aromatic rings. The second-order valence-electron chi connectivity index (χ2n) is 6.41. The number of benzene rings is 1. The van der Waals surface area contributed by atoms with Crippen molar-refractivity contribution in [1.82, 2.24) is 10.2 Å². The second kappa shape index (κ2) is 9.41. The maximum absolute atomic E-state index is 12.4. The van der Waals surface area contributed by atoms with Gasteiger partial charge in [0.2, 0.25) is 5.91 Å². The monoisotopic (exact) mass is 387 g/mol. The van der Waals surface area contributed by atoms with E-state index < -0.39 is 0 Å². The average Bonchev–Trinajstić information content (AvgIpc) is 3.26. The van der Waals surface area contributed by atoms with Crippen molar-refractivity contribution in [3.8, 4) is 5.75 Å². The summed E-state index contributed by atoms with van der Waals surface area (Å²) in [6.45, 7) is 3.59. The Balaban J connectivity index is 1.37. The number of hydrogen-bond acceptors (Lipinski definition) is 5. The standard InChI is InChI=1S/C20H25N3O3S/c1-26-17-6-2-5-16(15-17)22-10-12-23(13-11-22)19(24)8-3-9-21-20(25)18-7-4-14-27-18/h2,4-7,14-15H,3,8-13H2,1H3,(H,21,25). The van der Waals surface area contributed by atoms with Gasteiger partial charge < -0.3 is 19.9 Å². The van der Waals surface area contributed by atoms with Gasteiger partial charge in [-0.15, -0.1) is 11.3 Å². The van der Waals surface area contributed by atoms with Gasteiger partial charge in [-0.1, -0.05) is 12.1 Å². The Labute approximate surface area is 163 Å². The van der Waals surface area contributed by atoms with E-state index in [4.69, 9.17) is 4.74 Å². The van der Waals surface area contributed by atoms with Crippen LogP contribution in [0.25, 0.3) is 0 Å². The predicted molar refractivity (Wildman–Crippen MR) is 108 cm³/mol. The van der Waals surface area contributed by atoms with E-state index in [2.05, 4.69) is 16.3 Å². The Kier molecular flexibility index (Phi) is 6.70. The van der Waals surface area contributed by atoms with E-state index in [1.807, 2.05) is 34.5 Å². The first-order chi connectivity index (χ1) is 13.2. The largest absolute Gasteiger partial charge is 0.497 e. The van der Waals surface area contributed by atoms with Gasteiger partial charge in [0.05, 0.1) is 12.0 Å². The topological polar surface area (TPSA) is 61.9 Å². The van der Waals surface area contributed by atoms with Gasteiger partial charge in [0.1, 0.15) is 5.75 Å². The van der Waals surface area contributed by atoms with Crippen molar-refractivity contribution in [3.63, 3.8) is 0 Å². The van der Waals surface area contributed by atoms with Gasteiger partial charge in [-0.25, -0.2) is 0 Å².